The van der Waals surface area contributed by atoms with E-state index in [1.54, 1.807) is 18.3 Å². The third-order valence-corrected chi connectivity index (χ3v) is 6.28. The fourth-order valence-electron chi connectivity index (χ4n) is 4.32. The number of nitriles is 1. The second kappa shape index (κ2) is 6.77. The van der Waals surface area contributed by atoms with Crippen molar-refractivity contribution in [3.8, 4) is 6.07 Å². The van der Waals surface area contributed by atoms with Crippen molar-refractivity contribution in [2.75, 3.05) is 24.6 Å². The van der Waals surface area contributed by atoms with E-state index in [2.05, 4.69) is 21.3 Å². The van der Waals surface area contributed by atoms with Gasteiger partial charge in [-0.1, -0.05) is 0 Å². The molecule has 2 N–H and O–H groups in total. The fourth-order valence-corrected chi connectivity index (χ4v) is 4.32. The van der Waals surface area contributed by atoms with Crippen molar-refractivity contribution in [1.29, 1.82) is 5.26 Å². The number of rotatable bonds is 3. The summed E-state index contributed by atoms with van der Waals surface area (Å²) in [7, 11) is 0. The van der Waals surface area contributed by atoms with Gasteiger partial charge in [-0.3, -0.25) is 4.79 Å². The second-order valence-electron chi connectivity index (χ2n) is 8.25. The van der Waals surface area contributed by atoms with Gasteiger partial charge in [-0.25, -0.2) is 4.98 Å². The summed E-state index contributed by atoms with van der Waals surface area (Å²) < 4.78 is 6.10. The molecule has 3 fully saturated rings. The minimum atomic E-state index is -0.748. The highest BCUT2D eigenvalue weighted by Crippen LogP contribution is 2.41. The van der Waals surface area contributed by atoms with Gasteiger partial charge in [-0.2, -0.15) is 5.26 Å². The van der Waals surface area contributed by atoms with E-state index in [-0.39, 0.29) is 11.8 Å². The maximum Gasteiger partial charge on any atom is 0.223 e. The first-order valence-electron chi connectivity index (χ1n) is 9.71. The average molecular weight is 370 g/mol. The van der Waals surface area contributed by atoms with Crippen LogP contribution in [0.25, 0.3) is 0 Å². The Balaban J connectivity index is 1.46. The van der Waals surface area contributed by atoms with E-state index in [1.807, 2.05) is 6.92 Å². The number of anilines is 1. The molecule has 7 nitrogen and oxygen atoms in total. The van der Waals surface area contributed by atoms with Gasteiger partial charge in [0.2, 0.25) is 5.91 Å². The van der Waals surface area contributed by atoms with Crippen LogP contribution in [0.3, 0.4) is 0 Å². The zero-order chi connectivity index (χ0) is 19.1. The Hall–Kier alpha value is -2.17. The van der Waals surface area contributed by atoms with Crippen molar-refractivity contribution in [3.63, 3.8) is 0 Å². The summed E-state index contributed by atoms with van der Waals surface area (Å²) in [6.45, 7) is 3.84. The zero-order valence-electron chi connectivity index (χ0n) is 15.6. The van der Waals surface area contributed by atoms with Gasteiger partial charge < -0.3 is 20.1 Å². The van der Waals surface area contributed by atoms with Crippen LogP contribution in [0.5, 0.6) is 0 Å². The molecule has 0 radical (unpaired) electrons. The van der Waals surface area contributed by atoms with E-state index in [1.165, 1.54) is 0 Å². The van der Waals surface area contributed by atoms with E-state index in [4.69, 9.17) is 10.00 Å². The van der Waals surface area contributed by atoms with Crippen LogP contribution in [0.2, 0.25) is 0 Å². The summed E-state index contributed by atoms with van der Waals surface area (Å²) in [5.74, 6) is 0.954. The quantitative estimate of drug-likeness (QED) is 0.834. The van der Waals surface area contributed by atoms with Gasteiger partial charge in [0.25, 0.3) is 0 Å². The zero-order valence-corrected chi connectivity index (χ0v) is 15.6. The third-order valence-electron chi connectivity index (χ3n) is 6.28. The molecule has 1 aliphatic carbocycles. The van der Waals surface area contributed by atoms with Crippen LogP contribution in [0, 0.1) is 17.2 Å². The third kappa shape index (κ3) is 3.40. The number of hydrogen-bond acceptors (Lipinski definition) is 6. The number of aliphatic hydroxyl groups is 1. The lowest BCUT2D eigenvalue weighted by molar-refractivity contribution is -0.198. The summed E-state index contributed by atoms with van der Waals surface area (Å²) in [6.07, 6.45) is 4.72. The molecule has 1 aromatic heterocycles. The lowest BCUT2D eigenvalue weighted by Gasteiger charge is -2.53. The average Bonchev–Trinajstić information content (AvgIpc) is 3.52. The number of pyridine rings is 1. The lowest BCUT2D eigenvalue weighted by atomic mass is 9.73. The molecule has 0 aromatic carbocycles. The SMILES string of the molecule is C[C@@]1(NC(=O)C2CC2)CCOC2(CCN(c3cc(C#N)ccn3)CC2)[C@H]1O. The largest absolute Gasteiger partial charge is 0.388 e. The normalized spacial score (nSPS) is 30.0. The standard InChI is InChI=1S/C20H26N4O3/c1-19(23-17(25)15-2-3-15)7-11-27-20(18(19)26)5-9-24(10-6-20)16-12-14(13-21)4-8-22-16/h4,8,12,15,18,26H,2-3,5-7,9-11H2,1H3,(H,23,25)/t18-,19+/m0/s1. The molecular weight excluding hydrogens is 344 g/mol. The molecular formula is C20H26N4O3. The molecule has 3 heterocycles. The first-order valence-corrected chi connectivity index (χ1v) is 9.71. The second-order valence-corrected chi connectivity index (χ2v) is 8.25. The van der Waals surface area contributed by atoms with E-state index in [9.17, 15) is 9.90 Å². The Labute approximate surface area is 159 Å². The Morgan fingerprint density at radius 1 is 1.41 bits per heavy atom. The van der Waals surface area contributed by atoms with Crippen LogP contribution in [0.1, 0.15) is 44.6 Å². The van der Waals surface area contributed by atoms with E-state index in [0.717, 1.165) is 18.7 Å². The highest BCUT2D eigenvalue weighted by Gasteiger charge is 2.54. The van der Waals surface area contributed by atoms with Crippen LogP contribution >= 0.6 is 0 Å². The van der Waals surface area contributed by atoms with Gasteiger partial charge in [0.1, 0.15) is 11.9 Å². The first kappa shape index (κ1) is 18.2. The molecule has 2 atom stereocenters. The number of aromatic nitrogens is 1. The van der Waals surface area contributed by atoms with Gasteiger partial charge in [-0.05, 0) is 51.2 Å². The smallest absolute Gasteiger partial charge is 0.223 e. The minimum Gasteiger partial charge on any atom is -0.388 e. The molecule has 0 unspecified atom stereocenters. The van der Waals surface area contributed by atoms with Gasteiger partial charge in [0.15, 0.2) is 0 Å². The van der Waals surface area contributed by atoms with Crippen LogP contribution in [0.4, 0.5) is 5.82 Å². The maximum absolute atomic E-state index is 12.3. The molecule has 27 heavy (non-hydrogen) atoms. The molecule has 0 bridgehead atoms. The predicted molar refractivity (Wildman–Crippen MR) is 99.0 cm³/mol. The number of carbonyl (C=O) groups excluding carboxylic acids is 1. The van der Waals surface area contributed by atoms with Gasteiger partial charge in [-0.15, -0.1) is 0 Å². The number of amides is 1. The van der Waals surface area contributed by atoms with Crippen molar-refractivity contribution < 1.29 is 14.6 Å². The molecule has 1 spiro atoms. The Morgan fingerprint density at radius 2 is 2.15 bits per heavy atom. The summed E-state index contributed by atoms with van der Waals surface area (Å²) >= 11 is 0. The van der Waals surface area contributed by atoms with Crippen LogP contribution in [-0.4, -0.2) is 52.9 Å². The van der Waals surface area contributed by atoms with Gasteiger partial charge in [0, 0.05) is 31.8 Å². The van der Waals surface area contributed by atoms with Crippen molar-refractivity contribution in [1.82, 2.24) is 10.3 Å². The Bertz CT molecular complexity index is 765. The Morgan fingerprint density at radius 3 is 2.81 bits per heavy atom. The number of nitrogens with zero attached hydrogens (tertiary/aromatic N) is 3. The molecule has 3 aliphatic rings. The summed E-state index contributed by atoms with van der Waals surface area (Å²) in [6, 6.07) is 5.62. The molecule has 1 saturated carbocycles. The lowest BCUT2D eigenvalue weighted by Crippen LogP contribution is -2.69. The molecule has 2 saturated heterocycles. The minimum absolute atomic E-state index is 0.0588. The predicted octanol–water partition coefficient (Wildman–Crippen LogP) is 1.36. The number of aliphatic hydroxyl groups excluding tert-OH is 1. The number of carbonyl (C=O) groups is 1. The highest BCUT2D eigenvalue weighted by molar-refractivity contribution is 5.81. The van der Waals surface area contributed by atoms with E-state index in [0.29, 0.717) is 44.5 Å². The molecule has 144 valence electrons. The first-order chi connectivity index (χ1) is 13.0. The fraction of sp³-hybridized carbons (Fsp3) is 0.650. The highest BCUT2D eigenvalue weighted by atomic mass is 16.5. The van der Waals surface area contributed by atoms with Gasteiger partial charge in [0.05, 0.1) is 22.8 Å². The number of piperidine rings is 1. The topological polar surface area (TPSA) is 98.5 Å². The number of nitrogens with one attached hydrogen (secondary N) is 1. The van der Waals surface area contributed by atoms with Crippen LogP contribution < -0.4 is 10.2 Å². The summed E-state index contributed by atoms with van der Waals surface area (Å²) in [4.78, 5) is 18.8. The van der Waals surface area contributed by atoms with Crippen molar-refractivity contribution in [2.45, 2.75) is 56.3 Å². The monoisotopic (exact) mass is 370 g/mol. The number of ether oxygens (including phenoxy) is 1. The van der Waals surface area contributed by atoms with E-state index < -0.39 is 17.2 Å². The van der Waals surface area contributed by atoms with Crippen molar-refractivity contribution in [2.24, 2.45) is 5.92 Å². The summed E-state index contributed by atoms with van der Waals surface area (Å²) in [5, 5.41) is 23.4. The molecule has 1 amide bonds. The van der Waals surface area contributed by atoms with Crippen molar-refractivity contribution in [3.05, 3.63) is 23.9 Å². The van der Waals surface area contributed by atoms with Crippen LogP contribution in [0.15, 0.2) is 18.3 Å². The summed E-state index contributed by atoms with van der Waals surface area (Å²) in [5.41, 5.74) is -0.712. The Kier molecular flexibility index (Phi) is 4.57. The van der Waals surface area contributed by atoms with E-state index >= 15 is 0 Å². The number of hydrogen-bond donors (Lipinski definition) is 2. The molecule has 1 aromatic rings. The molecule has 2 aliphatic heterocycles. The maximum atomic E-state index is 12.3. The molecule has 7 heteroatoms. The van der Waals surface area contributed by atoms with Crippen LogP contribution in [-0.2, 0) is 9.53 Å². The van der Waals surface area contributed by atoms with Gasteiger partial charge >= 0.3 is 0 Å². The molecule has 4 rings (SSSR count). The van der Waals surface area contributed by atoms with Crippen molar-refractivity contribution >= 4 is 11.7 Å².